The molecular weight excluding hydrogens is 514 g/mol. The van der Waals surface area contributed by atoms with E-state index in [1.807, 2.05) is 74.5 Å². The molecule has 0 saturated heterocycles. The standard InChI is InChI=1S/C30H37N3O5S/c1-23(2)19-31-30(35)29(26-13-9-6-10-14-26)33(21-25-15-17-27(38-3)18-16-25)28(34)22-32(39(4,36)37)20-24-11-7-5-8-12-24/h5-18,23,29H,19-22H2,1-4H3,(H,31,35). The van der Waals surface area contributed by atoms with Gasteiger partial charge in [0.2, 0.25) is 21.8 Å². The second kappa shape index (κ2) is 13.9. The summed E-state index contributed by atoms with van der Waals surface area (Å²) in [4.78, 5) is 29.0. The molecule has 1 atom stereocenters. The Labute approximate surface area is 231 Å². The number of carbonyl (C=O) groups excluding carboxylic acids is 2. The van der Waals surface area contributed by atoms with Gasteiger partial charge < -0.3 is 15.0 Å². The monoisotopic (exact) mass is 551 g/mol. The maximum absolute atomic E-state index is 14.0. The summed E-state index contributed by atoms with van der Waals surface area (Å²) in [5.41, 5.74) is 2.16. The predicted molar refractivity (Wildman–Crippen MR) is 152 cm³/mol. The summed E-state index contributed by atoms with van der Waals surface area (Å²) in [5, 5.41) is 2.96. The fourth-order valence-electron chi connectivity index (χ4n) is 4.08. The minimum absolute atomic E-state index is 0.0390. The molecule has 8 nitrogen and oxygen atoms in total. The Morgan fingerprint density at radius 2 is 1.41 bits per heavy atom. The van der Waals surface area contributed by atoms with Gasteiger partial charge in [-0.3, -0.25) is 9.59 Å². The molecule has 0 radical (unpaired) electrons. The van der Waals surface area contributed by atoms with Crippen molar-refractivity contribution in [2.75, 3.05) is 26.5 Å². The van der Waals surface area contributed by atoms with Gasteiger partial charge in [-0.05, 0) is 34.7 Å². The molecule has 0 aliphatic heterocycles. The number of benzene rings is 3. The molecule has 3 aromatic carbocycles. The van der Waals surface area contributed by atoms with Crippen LogP contribution in [0.2, 0.25) is 0 Å². The fraction of sp³-hybridized carbons (Fsp3) is 0.333. The van der Waals surface area contributed by atoms with E-state index in [0.29, 0.717) is 17.9 Å². The van der Waals surface area contributed by atoms with E-state index >= 15 is 0 Å². The summed E-state index contributed by atoms with van der Waals surface area (Å²) in [5.74, 6) is 0.0613. The summed E-state index contributed by atoms with van der Waals surface area (Å²) < 4.78 is 31.9. The molecule has 208 valence electrons. The van der Waals surface area contributed by atoms with E-state index in [4.69, 9.17) is 4.74 Å². The summed E-state index contributed by atoms with van der Waals surface area (Å²) in [6.45, 7) is 4.15. The van der Waals surface area contributed by atoms with Gasteiger partial charge in [0.1, 0.15) is 11.8 Å². The second-order valence-corrected chi connectivity index (χ2v) is 11.8. The third kappa shape index (κ3) is 8.94. The lowest BCUT2D eigenvalue weighted by molar-refractivity contribution is -0.141. The first-order valence-corrected chi connectivity index (χ1v) is 14.7. The Bertz CT molecular complexity index is 1310. The summed E-state index contributed by atoms with van der Waals surface area (Å²) in [7, 11) is -2.17. The van der Waals surface area contributed by atoms with Gasteiger partial charge >= 0.3 is 0 Å². The zero-order valence-electron chi connectivity index (χ0n) is 22.9. The molecule has 0 bridgehead atoms. The lowest BCUT2D eigenvalue weighted by Gasteiger charge is -2.33. The van der Waals surface area contributed by atoms with Gasteiger partial charge in [-0.1, -0.05) is 86.6 Å². The Morgan fingerprint density at radius 3 is 1.95 bits per heavy atom. The van der Waals surface area contributed by atoms with Gasteiger partial charge in [0.25, 0.3) is 0 Å². The Morgan fingerprint density at radius 1 is 0.846 bits per heavy atom. The van der Waals surface area contributed by atoms with Crippen molar-refractivity contribution in [3.8, 4) is 5.75 Å². The number of amides is 2. The summed E-state index contributed by atoms with van der Waals surface area (Å²) in [6.07, 6.45) is 1.08. The smallest absolute Gasteiger partial charge is 0.247 e. The maximum atomic E-state index is 14.0. The van der Waals surface area contributed by atoms with Crippen LogP contribution < -0.4 is 10.1 Å². The van der Waals surface area contributed by atoms with Crippen LogP contribution in [0.15, 0.2) is 84.9 Å². The number of nitrogens with one attached hydrogen (secondary N) is 1. The molecular formula is C30H37N3O5S. The third-order valence-electron chi connectivity index (χ3n) is 6.17. The van der Waals surface area contributed by atoms with Crippen LogP contribution in [0.5, 0.6) is 5.75 Å². The van der Waals surface area contributed by atoms with Crippen molar-refractivity contribution >= 4 is 21.8 Å². The van der Waals surface area contributed by atoms with Crippen molar-refractivity contribution in [1.82, 2.24) is 14.5 Å². The Kier molecular flexibility index (Phi) is 10.7. The third-order valence-corrected chi connectivity index (χ3v) is 7.37. The van der Waals surface area contributed by atoms with E-state index < -0.39 is 28.5 Å². The van der Waals surface area contributed by atoms with Crippen molar-refractivity contribution in [1.29, 1.82) is 0 Å². The number of hydrogen-bond donors (Lipinski definition) is 1. The van der Waals surface area contributed by atoms with Crippen molar-refractivity contribution in [3.63, 3.8) is 0 Å². The molecule has 0 saturated carbocycles. The average molecular weight is 552 g/mol. The van der Waals surface area contributed by atoms with Gasteiger partial charge in [-0.15, -0.1) is 0 Å². The average Bonchev–Trinajstić information content (AvgIpc) is 2.92. The first-order valence-electron chi connectivity index (χ1n) is 12.8. The van der Waals surface area contributed by atoms with E-state index in [1.54, 1.807) is 31.4 Å². The molecule has 2 amide bonds. The predicted octanol–water partition coefficient (Wildman–Crippen LogP) is 4.00. The van der Waals surface area contributed by atoms with Crippen molar-refractivity contribution in [2.24, 2.45) is 5.92 Å². The molecule has 0 fully saturated rings. The SMILES string of the molecule is COc1ccc(CN(C(=O)CN(Cc2ccccc2)S(C)(=O)=O)C(C(=O)NCC(C)C)c2ccccc2)cc1. The van der Waals surface area contributed by atoms with E-state index in [1.165, 1.54) is 4.90 Å². The van der Waals surface area contributed by atoms with Crippen molar-refractivity contribution in [2.45, 2.75) is 33.0 Å². The summed E-state index contributed by atoms with van der Waals surface area (Å²) in [6, 6.07) is 24.4. The first-order chi connectivity index (χ1) is 18.6. The second-order valence-electron chi connectivity index (χ2n) is 9.84. The first kappa shape index (κ1) is 29.9. The van der Waals surface area contributed by atoms with Crippen molar-refractivity contribution in [3.05, 3.63) is 102 Å². The number of sulfonamides is 1. The molecule has 0 aliphatic carbocycles. The van der Waals surface area contributed by atoms with E-state index in [-0.39, 0.29) is 24.9 Å². The van der Waals surface area contributed by atoms with Crippen LogP contribution in [0.3, 0.4) is 0 Å². The van der Waals surface area contributed by atoms with Gasteiger partial charge in [0.15, 0.2) is 0 Å². The van der Waals surface area contributed by atoms with Crippen LogP contribution in [0, 0.1) is 5.92 Å². The van der Waals surface area contributed by atoms with Gasteiger partial charge in [-0.2, -0.15) is 4.31 Å². The number of carbonyl (C=O) groups is 2. The number of hydrogen-bond acceptors (Lipinski definition) is 5. The van der Waals surface area contributed by atoms with E-state index in [9.17, 15) is 18.0 Å². The van der Waals surface area contributed by atoms with Crippen LogP contribution in [-0.2, 0) is 32.7 Å². The number of ether oxygens (including phenoxy) is 1. The summed E-state index contributed by atoms with van der Waals surface area (Å²) >= 11 is 0. The van der Waals surface area contributed by atoms with E-state index in [0.717, 1.165) is 21.7 Å². The highest BCUT2D eigenvalue weighted by molar-refractivity contribution is 7.88. The molecule has 3 aromatic rings. The molecule has 3 rings (SSSR count). The lowest BCUT2D eigenvalue weighted by Crippen LogP contribution is -2.48. The normalized spacial score (nSPS) is 12.3. The maximum Gasteiger partial charge on any atom is 0.247 e. The molecule has 9 heteroatoms. The molecule has 0 aromatic heterocycles. The van der Waals surface area contributed by atoms with Crippen LogP contribution in [-0.4, -0.2) is 55.9 Å². The number of methoxy groups -OCH3 is 1. The van der Waals surface area contributed by atoms with Gasteiger partial charge in [-0.25, -0.2) is 8.42 Å². The molecule has 1 unspecified atom stereocenters. The van der Waals surface area contributed by atoms with Crippen LogP contribution in [0.1, 0.15) is 36.6 Å². The quantitative estimate of drug-likeness (QED) is 0.347. The highest BCUT2D eigenvalue weighted by Gasteiger charge is 2.33. The Balaban J connectivity index is 2.01. The molecule has 0 spiro atoms. The highest BCUT2D eigenvalue weighted by Crippen LogP contribution is 2.25. The Hall–Kier alpha value is -3.69. The van der Waals surface area contributed by atoms with Crippen LogP contribution in [0.4, 0.5) is 0 Å². The number of nitrogens with zero attached hydrogens (tertiary/aromatic N) is 2. The van der Waals surface area contributed by atoms with Crippen molar-refractivity contribution < 1.29 is 22.7 Å². The zero-order chi connectivity index (χ0) is 28.4. The molecule has 1 N–H and O–H groups in total. The largest absolute Gasteiger partial charge is 0.497 e. The highest BCUT2D eigenvalue weighted by atomic mass is 32.2. The lowest BCUT2D eigenvalue weighted by atomic mass is 10.0. The zero-order valence-corrected chi connectivity index (χ0v) is 23.7. The minimum atomic E-state index is -3.74. The minimum Gasteiger partial charge on any atom is -0.497 e. The number of rotatable bonds is 13. The van der Waals surface area contributed by atoms with Crippen LogP contribution in [0.25, 0.3) is 0 Å². The molecule has 0 heterocycles. The van der Waals surface area contributed by atoms with Gasteiger partial charge in [0, 0.05) is 19.6 Å². The fourth-order valence-corrected chi connectivity index (χ4v) is 4.81. The topological polar surface area (TPSA) is 96.0 Å². The van der Waals surface area contributed by atoms with Gasteiger partial charge in [0.05, 0.1) is 19.9 Å². The molecule has 39 heavy (non-hydrogen) atoms. The van der Waals surface area contributed by atoms with E-state index in [2.05, 4.69) is 5.32 Å². The molecule has 0 aliphatic rings. The van der Waals surface area contributed by atoms with Crippen LogP contribution >= 0.6 is 0 Å².